The van der Waals surface area contributed by atoms with Gasteiger partial charge in [-0.1, -0.05) is 19.3 Å². The van der Waals surface area contributed by atoms with Crippen LogP contribution in [-0.2, 0) is 0 Å². The van der Waals surface area contributed by atoms with Crippen LogP contribution < -0.4 is 5.32 Å². The lowest BCUT2D eigenvalue weighted by atomic mass is 9.96. The highest BCUT2D eigenvalue weighted by atomic mass is 35.5. The van der Waals surface area contributed by atoms with E-state index in [9.17, 15) is 10.1 Å². The number of nitrogens with zero attached hydrogens (tertiary/aromatic N) is 5. The second-order valence-corrected chi connectivity index (χ2v) is 6.96. The Morgan fingerprint density at radius 1 is 1.19 bits per heavy atom. The van der Waals surface area contributed by atoms with Gasteiger partial charge in [0.05, 0.1) is 11.0 Å². The summed E-state index contributed by atoms with van der Waals surface area (Å²) < 4.78 is 1.40. The highest BCUT2D eigenvalue weighted by molar-refractivity contribution is 6.22. The van der Waals surface area contributed by atoms with Crippen molar-refractivity contribution in [2.24, 2.45) is 9.98 Å². The van der Waals surface area contributed by atoms with E-state index in [2.05, 4.69) is 10.3 Å². The lowest BCUT2D eigenvalue weighted by Crippen LogP contribution is -2.34. The second-order valence-electron chi connectivity index (χ2n) is 6.46. The molecular formula is C17H25ClN6O2. The minimum atomic E-state index is -0.425. The molecule has 0 amide bonds. The molecular weight excluding hydrogens is 356 g/mol. The number of hydrogen-bond acceptors (Lipinski definition) is 3. The summed E-state index contributed by atoms with van der Waals surface area (Å²) in [5.74, 6) is 0.984. The standard InChI is InChI=1S/C17H25ClN6O2/c1-22(2)17(23(3)18)21-16(19-13-7-5-4-6-8-13)20-14-9-11-15(12-10-14)24(25)26/h9-13H,4-8H2,1-3H3,(H,19,20). The molecule has 0 aliphatic heterocycles. The van der Waals surface area contributed by atoms with E-state index >= 15 is 0 Å². The SMILES string of the molecule is CN(C)C(=NC(=NC1CCCCC1)Nc1ccc([N+](=O)[O-])cc1)N(C)Cl. The van der Waals surface area contributed by atoms with Gasteiger partial charge in [-0.3, -0.25) is 14.5 Å². The van der Waals surface area contributed by atoms with Crippen LogP contribution in [0.3, 0.4) is 0 Å². The fraction of sp³-hybridized carbons (Fsp3) is 0.529. The van der Waals surface area contributed by atoms with Crippen LogP contribution in [0, 0.1) is 10.1 Å². The third-order valence-corrected chi connectivity index (χ3v) is 4.25. The van der Waals surface area contributed by atoms with Crippen LogP contribution in [0.4, 0.5) is 11.4 Å². The van der Waals surface area contributed by atoms with Gasteiger partial charge in [0.2, 0.25) is 11.9 Å². The maximum Gasteiger partial charge on any atom is 0.269 e. The van der Waals surface area contributed by atoms with E-state index in [0.29, 0.717) is 17.6 Å². The Labute approximate surface area is 158 Å². The average molecular weight is 381 g/mol. The smallest absolute Gasteiger partial charge is 0.269 e. The van der Waals surface area contributed by atoms with Crippen molar-refractivity contribution in [3.8, 4) is 0 Å². The molecule has 1 aliphatic carbocycles. The Bertz CT molecular complexity index is 656. The molecule has 26 heavy (non-hydrogen) atoms. The number of halogens is 1. The molecule has 8 nitrogen and oxygen atoms in total. The first-order valence-electron chi connectivity index (χ1n) is 8.61. The molecule has 1 N–H and O–H groups in total. The van der Waals surface area contributed by atoms with Gasteiger partial charge in [0.1, 0.15) is 0 Å². The number of rotatable bonds is 3. The van der Waals surface area contributed by atoms with E-state index in [-0.39, 0.29) is 11.7 Å². The van der Waals surface area contributed by atoms with Crippen LogP contribution in [0.1, 0.15) is 32.1 Å². The molecule has 0 aromatic heterocycles. The van der Waals surface area contributed by atoms with Crippen molar-refractivity contribution in [1.29, 1.82) is 0 Å². The molecule has 1 fully saturated rings. The first-order chi connectivity index (χ1) is 12.4. The van der Waals surface area contributed by atoms with Crippen molar-refractivity contribution in [3.63, 3.8) is 0 Å². The van der Waals surface area contributed by atoms with Crippen molar-refractivity contribution in [1.82, 2.24) is 9.32 Å². The zero-order chi connectivity index (χ0) is 19.1. The molecule has 142 valence electrons. The Morgan fingerprint density at radius 2 is 1.81 bits per heavy atom. The van der Waals surface area contributed by atoms with Crippen LogP contribution in [0.15, 0.2) is 34.3 Å². The zero-order valence-corrected chi connectivity index (χ0v) is 16.1. The Morgan fingerprint density at radius 3 is 2.31 bits per heavy atom. The summed E-state index contributed by atoms with van der Waals surface area (Å²) in [5, 5.41) is 14.0. The van der Waals surface area contributed by atoms with Gasteiger partial charge in [0.15, 0.2) is 0 Å². The Hall–Kier alpha value is -2.35. The molecule has 0 heterocycles. The predicted octanol–water partition coefficient (Wildman–Crippen LogP) is 3.70. The van der Waals surface area contributed by atoms with Gasteiger partial charge < -0.3 is 10.2 Å². The fourth-order valence-electron chi connectivity index (χ4n) is 2.81. The van der Waals surface area contributed by atoms with Crippen molar-refractivity contribution in [2.75, 3.05) is 26.5 Å². The topological polar surface area (TPSA) is 86.4 Å². The second kappa shape index (κ2) is 9.38. The molecule has 0 atom stereocenters. The monoisotopic (exact) mass is 380 g/mol. The summed E-state index contributed by atoms with van der Waals surface area (Å²) in [6.07, 6.45) is 5.65. The number of benzene rings is 1. The number of anilines is 1. The third-order valence-electron chi connectivity index (χ3n) is 4.10. The molecule has 0 saturated heterocycles. The van der Waals surface area contributed by atoms with Gasteiger partial charge in [-0.25, -0.2) is 4.99 Å². The van der Waals surface area contributed by atoms with E-state index in [4.69, 9.17) is 16.8 Å². The van der Waals surface area contributed by atoms with Crippen molar-refractivity contribution in [3.05, 3.63) is 34.4 Å². The first-order valence-corrected chi connectivity index (χ1v) is 8.95. The van der Waals surface area contributed by atoms with Gasteiger partial charge in [-0.05, 0) is 25.0 Å². The summed E-state index contributed by atoms with van der Waals surface area (Å²) >= 11 is 6.09. The summed E-state index contributed by atoms with van der Waals surface area (Å²) in [4.78, 5) is 21.5. The molecule has 0 bridgehead atoms. The summed E-state index contributed by atoms with van der Waals surface area (Å²) in [7, 11) is 5.40. The van der Waals surface area contributed by atoms with Gasteiger partial charge in [-0.2, -0.15) is 4.99 Å². The molecule has 1 saturated carbocycles. The van der Waals surface area contributed by atoms with E-state index < -0.39 is 4.92 Å². The van der Waals surface area contributed by atoms with Crippen molar-refractivity contribution in [2.45, 2.75) is 38.1 Å². The number of aliphatic imine (C=N–C) groups is 2. The number of nitrogens with one attached hydrogen (secondary N) is 1. The number of guanidine groups is 2. The first kappa shape index (κ1) is 20.0. The summed E-state index contributed by atoms with van der Waals surface area (Å²) in [6, 6.07) is 6.40. The van der Waals surface area contributed by atoms with Crippen LogP contribution in [-0.4, -0.2) is 53.3 Å². The van der Waals surface area contributed by atoms with Crippen LogP contribution in [0.5, 0.6) is 0 Å². The molecule has 1 aliphatic rings. The van der Waals surface area contributed by atoms with Gasteiger partial charge in [0, 0.05) is 50.7 Å². The van der Waals surface area contributed by atoms with Crippen LogP contribution >= 0.6 is 11.8 Å². The third kappa shape index (κ3) is 5.87. The number of hydrogen-bond donors (Lipinski definition) is 1. The van der Waals surface area contributed by atoms with Crippen molar-refractivity contribution < 1.29 is 4.92 Å². The lowest BCUT2D eigenvalue weighted by molar-refractivity contribution is -0.384. The largest absolute Gasteiger partial charge is 0.348 e. The van der Waals surface area contributed by atoms with Gasteiger partial charge in [0.25, 0.3) is 5.69 Å². The van der Waals surface area contributed by atoms with Gasteiger partial charge in [-0.15, -0.1) is 0 Å². The maximum absolute atomic E-state index is 10.8. The molecule has 0 radical (unpaired) electrons. The van der Waals surface area contributed by atoms with E-state index in [0.717, 1.165) is 12.8 Å². The Balaban J connectivity index is 2.28. The molecule has 1 aromatic carbocycles. The predicted molar refractivity (Wildman–Crippen MR) is 106 cm³/mol. The number of nitro benzene ring substituents is 1. The zero-order valence-electron chi connectivity index (χ0n) is 15.4. The highest BCUT2D eigenvalue weighted by Crippen LogP contribution is 2.21. The summed E-state index contributed by atoms with van der Waals surface area (Å²) in [6.45, 7) is 0. The summed E-state index contributed by atoms with van der Waals surface area (Å²) in [5.41, 5.74) is 0.725. The minimum Gasteiger partial charge on any atom is -0.348 e. The van der Waals surface area contributed by atoms with E-state index in [1.165, 1.54) is 35.8 Å². The van der Waals surface area contributed by atoms with Crippen LogP contribution in [0.25, 0.3) is 0 Å². The van der Waals surface area contributed by atoms with Crippen LogP contribution in [0.2, 0.25) is 0 Å². The number of non-ortho nitro benzene ring substituents is 1. The maximum atomic E-state index is 10.8. The minimum absolute atomic E-state index is 0.0410. The highest BCUT2D eigenvalue weighted by Gasteiger charge is 2.15. The molecule has 0 spiro atoms. The Kier molecular flexibility index (Phi) is 7.20. The fourth-order valence-corrected chi connectivity index (χ4v) is 3.00. The normalized spacial score (nSPS) is 16.3. The average Bonchev–Trinajstić information content (AvgIpc) is 2.60. The number of nitro groups is 1. The van der Waals surface area contributed by atoms with Crippen molar-refractivity contribution >= 4 is 35.1 Å². The van der Waals surface area contributed by atoms with Gasteiger partial charge >= 0.3 is 0 Å². The molecule has 0 unspecified atom stereocenters. The molecule has 2 rings (SSSR count). The lowest BCUT2D eigenvalue weighted by Gasteiger charge is -2.22. The molecule has 1 aromatic rings. The van der Waals surface area contributed by atoms with E-state index in [1.807, 2.05) is 14.1 Å². The molecule has 9 heteroatoms. The quantitative estimate of drug-likeness (QED) is 0.284. The van der Waals surface area contributed by atoms with E-state index in [1.54, 1.807) is 24.1 Å².